The summed E-state index contributed by atoms with van der Waals surface area (Å²) in [5.74, 6) is 0. The van der Waals surface area contributed by atoms with Crippen LogP contribution in [0.25, 0.3) is 0 Å². The largest absolute Gasteiger partial charge is 0.469 e. The smallest absolute Gasteiger partial charge is 0.396 e. The van der Waals surface area contributed by atoms with Crippen LogP contribution in [-0.4, -0.2) is 52.1 Å². The molecule has 3 N–H and O–H groups in total. The van der Waals surface area contributed by atoms with Gasteiger partial charge in [0, 0.05) is 25.7 Å². The van der Waals surface area contributed by atoms with Crippen molar-refractivity contribution < 1.29 is 24.0 Å². The highest BCUT2D eigenvalue weighted by Crippen LogP contribution is 2.35. The molecule has 0 rings (SSSR count). The van der Waals surface area contributed by atoms with E-state index in [4.69, 9.17) is 14.9 Å². The predicted molar refractivity (Wildman–Crippen MR) is 56.4 cm³/mol. The minimum absolute atomic E-state index is 0.00607. The molecule has 0 saturated heterocycles. The van der Waals surface area contributed by atoms with Crippen LogP contribution in [0.3, 0.4) is 0 Å². The Morgan fingerprint density at radius 2 is 1.93 bits per heavy atom. The molecule has 0 aliphatic rings. The number of phosphoric acid groups is 1. The lowest BCUT2D eigenvalue weighted by Crippen LogP contribution is -2.35. The number of nitrogens with zero attached hydrogens (tertiary/aromatic N) is 1. The van der Waals surface area contributed by atoms with E-state index in [1.165, 1.54) is 0 Å². The lowest BCUT2D eigenvalue weighted by atomic mass is 10.3. The molecule has 0 amide bonds. The van der Waals surface area contributed by atoms with Gasteiger partial charge in [-0.1, -0.05) is 0 Å². The molecular formula is C8H20NO5P. The van der Waals surface area contributed by atoms with E-state index < -0.39 is 7.82 Å². The lowest BCUT2D eigenvalue weighted by molar-refractivity contribution is 0.136. The fourth-order valence-corrected chi connectivity index (χ4v) is 1.50. The van der Waals surface area contributed by atoms with E-state index in [1.54, 1.807) is 0 Å². The topological polar surface area (TPSA) is 90.2 Å². The summed E-state index contributed by atoms with van der Waals surface area (Å²) >= 11 is 0. The number of rotatable bonds is 8. The average molecular weight is 241 g/mol. The summed E-state index contributed by atoms with van der Waals surface area (Å²) in [4.78, 5) is 18.9. The van der Waals surface area contributed by atoms with E-state index in [-0.39, 0.29) is 19.3 Å². The molecule has 0 aliphatic carbocycles. The van der Waals surface area contributed by atoms with E-state index in [1.807, 2.05) is 18.7 Å². The first-order valence-electron chi connectivity index (χ1n) is 4.92. The third kappa shape index (κ3) is 8.99. The monoisotopic (exact) mass is 241 g/mol. The Morgan fingerprint density at radius 1 is 1.33 bits per heavy atom. The molecule has 0 fully saturated rings. The van der Waals surface area contributed by atoms with E-state index in [9.17, 15) is 4.57 Å². The molecule has 0 atom stereocenters. The Kier molecular flexibility index (Phi) is 7.34. The van der Waals surface area contributed by atoms with Crippen molar-refractivity contribution in [3.63, 3.8) is 0 Å². The van der Waals surface area contributed by atoms with Crippen LogP contribution >= 0.6 is 7.82 Å². The Labute approximate surface area is 90.1 Å². The van der Waals surface area contributed by atoms with Crippen molar-refractivity contribution in [2.75, 3.05) is 26.3 Å². The molecule has 15 heavy (non-hydrogen) atoms. The molecule has 6 nitrogen and oxygen atoms in total. The first kappa shape index (κ1) is 15.0. The molecule has 7 heteroatoms. The fourth-order valence-electron chi connectivity index (χ4n) is 1.18. The van der Waals surface area contributed by atoms with Gasteiger partial charge in [0.1, 0.15) is 0 Å². The summed E-state index contributed by atoms with van der Waals surface area (Å²) in [7, 11) is -4.35. The second kappa shape index (κ2) is 7.33. The van der Waals surface area contributed by atoms with Crippen molar-refractivity contribution in [3.05, 3.63) is 0 Å². The Bertz CT molecular complexity index is 205. The predicted octanol–water partition coefficient (Wildman–Crippen LogP) is 0.189. The van der Waals surface area contributed by atoms with Gasteiger partial charge in [0.05, 0.1) is 6.61 Å². The Hall–Kier alpha value is 0.0300. The van der Waals surface area contributed by atoms with Gasteiger partial charge in [-0.3, -0.25) is 9.42 Å². The van der Waals surface area contributed by atoms with E-state index in [2.05, 4.69) is 4.52 Å². The van der Waals surface area contributed by atoms with Crippen LogP contribution in [0.5, 0.6) is 0 Å². The van der Waals surface area contributed by atoms with Gasteiger partial charge in [-0.2, -0.15) is 0 Å². The summed E-state index contributed by atoms with van der Waals surface area (Å²) in [6.45, 7) is 5.21. The first-order valence-corrected chi connectivity index (χ1v) is 6.45. The van der Waals surface area contributed by atoms with Crippen molar-refractivity contribution in [1.82, 2.24) is 4.90 Å². The van der Waals surface area contributed by atoms with Gasteiger partial charge < -0.3 is 14.9 Å². The molecule has 0 spiro atoms. The molecular weight excluding hydrogens is 221 g/mol. The number of aliphatic hydroxyl groups is 1. The van der Waals surface area contributed by atoms with Gasteiger partial charge in [0.25, 0.3) is 0 Å². The standard InChI is InChI=1S/C8H20NO5P/c1-8(2)9(4-3-6-10)5-7-14-15(11,12)13/h8,10H,3-7H2,1-2H3,(H2,11,12,13). The Morgan fingerprint density at radius 3 is 2.33 bits per heavy atom. The van der Waals surface area contributed by atoms with Crippen LogP contribution in [0, 0.1) is 0 Å². The van der Waals surface area contributed by atoms with E-state index >= 15 is 0 Å². The van der Waals surface area contributed by atoms with E-state index in [0.29, 0.717) is 19.5 Å². The third-order valence-electron chi connectivity index (χ3n) is 1.97. The van der Waals surface area contributed by atoms with Crippen LogP contribution < -0.4 is 0 Å². The number of phosphoric ester groups is 1. The highest BCUT2D eigenvalue weighted by atomic mass is 31.2. The van der Waals surface area contributed by atoms with Crippen LogP contribution in [0.15, 0.2) is 0 Å². The zero-order valence-corrected chi connectivity index (χ0v) is 10.1. The molecule has 0 heterocycles. The summed E-state index contributed by atoms with van der Waals surface area (Å²) in [5.41, 5.74) is 0. The molecule has 0 bridgehead atoms. The zero-order chi connectivity index (χ0) is 11.9. The van der Waals surface area contributed by atoms with Gasteiger partial charge in [-0.15, -0.1) is 0 Å². The molecule has 0 aromatic carbocycles. The summed E-state index contributed by atoms with van der Waals surface area (Å²) in [5, 5.41) is 8.67. The normalized spacial score (nSPS) is 12.7. The summed E-state index contributed by atoms with van der Waals surface area (Å²) < 4.78 is 14.8. The van der Waals surface area contributed by atoms with Crippen LogP contribution in [0.4, 0.5) is 0 Å². The highest BCUT2D eigenvalue weighted by Gasteiger charge is 2.15. The summed E-state index contributed by atoms with van der Waals surface area (Å²) in [6.07, 6.45) is 0.647. The highest BCUT2D eigenvalue weighted by molar-refractivity contribution is 7.46. The van der Waals surface area contributed by atoms with Gasteiger partial charge in [-0.25, -0.2) is 4.57 Å². The maximum atomic E-state index is 10.4. The van der Waals surface area contributed by atoms with Crippen molar-refractivity contribution in [3.8, 4) is 0 Å². The maximum Gasteiger partial charge on any atom is 0.469 e. The maximum absolute atomic E-state index is 10.4. The average Bonchev–Trinajstić information content (AvgIpc) is 2.08. The number of hydrogen-bond donors (Lipinski definition) is 3. The van der Waals surface area contributed by atoms with Gasteiger partial charge >= 0.3 is 7.82 Å². The lowest BCUT2D eigenvalue weighted by Gasteiger charge is -2.25. The second-order valence-electron chi connectivity index (χ2n) is 3.53. The first-order chi connectivity index (χ1) is 6.87. The molecule has 0 aromatic heterocycles. The summed E-state index contributed by atoms with van der Waals surface area (Å²) in [6, 6.07) is 0.261. The molecule has 0 radical (unpaired) electrons. The molecule has 0 aromatic rings. The number of hydrogen-bond acceptors (Lipinski definition) is 4. The van der Waals surface area contributed by atoms with Crippen molar-refractivity contribution in [1.29, 1.82) is 0 Å². The Balaban J connectivity index is 3.81. The second-order valence-corrected chi connectivity index (χ2v) is 4.77. The number of aliphatic hydroxyl groups excluding tert-OH is 1. The molecule has 92 valence electrons. The SMILES string of the molecule is CC(C)N(CCCO)CCOP(=O)(O)O. The zero-order valence-electron chi connectivity index (χ0n) is 9.17. The van der Waals surface area contributed by atoms with E-state index in [0.717, 1.165) is 0 Å². The minimum Gasteiger partial charge on any atom is -0.396 e. The minimum atomic E-state index is -4.35. The van der Waals surface area contributed by atoms with Crippen LogP contribution in [0.1, 0.15) is 20.3 Å². The fraction of sp³-hybridized carbons (Fsp3) is 1.00. The van der Waals surface area contributed by atoms with Crippen LogP contribution in [0.2, 0.25) is 0 Å². The van der Waals surface area contributed by atoms with Gasteiger partial charge in [-0.05, 0) is 20.3 Å². The van der Waals surface area contributed by atoms with Crippen molar-refractivity contribution >= 4 is 7.82 Å². The molecule has 0 aliphatic heterocycles. The van der Waals surface area contributed by atoms with Gasteiger partial charge in [0.15, 0.2) is 0 Å². The van der Waals surface area contributed by atoms with Crippen molar-refractivity contribution in [2.45, 2.75) is 26.3 Å². The quantitative estimate of drug-likeness (QED) is 0.525. The third-order valence-corrected chi connectivity index (χ3v) is 2.49. The molecule has 0 unspecified atom stereocenters. The van der Waals surface area contributed by atoms with Crippen LogP contribution in [-0.2, 0) is 9.09 Å². The van der Waals surface area contributed by atoms with Crippen molar-refractivity contribution in [2.24, 2.45) is 0 Å². The van der Waals surface area contributed by atoms with Gasteiger partial charge in [0.2, 0.25) is 0 Å². The molecule has 0 saturated carbocycles.